The maximum absolute atomic E-state index is 12.7. The van der Waals surface area contributed by atoms with Crippen molar-refractivity contribution in [2.75, 3.05) is 41.0 Å². The smallest absolute Gasteiger partial charge is 0.306 e. The van der Waals surface area contributed by atoms with Gasteiger partial charge in [0.05, 0.1) is 40.3 Å². The van der Waals surface area contributed by atoms with E-state index in [0.29, 0.717) is 12.8 Å². The molecule has 50 heavy (non-hydrogen) atoms. The lowest BCUT2D eigenvalue weighted by Gasteiger charge is -2.34. The molecule has 0 rings (SSSR count). The lowest BCUT2D eigenvalue weighted by atomic mass is 10.0. The van der Waals surface area contributed by atoms with E-state index in [2.05, 4.69) is 13.8 Å². The summed E-state index contributed by atoms with van der Waals surface area (Å²) in [7, 11) is 5.41. The molecule has 0 N–H and O–H groups in total. The monoisotopic (exact) mass is 712 g/mol. The molecule has 0 saturated heterocycles. The molecule has 0 aromatic carbocycles. The van der Waals surface area contributed by atoms with Crippen LogP contribution in [0.25, 0.3) is 0 Å². The Kier molecular flexibility index (Phi) is 33.3. The first-order valence-corrected chi connectivity index (χ1v) is 21.1. The van der Waals surface area contributed by atoms with Crippen LogP contribution < -0.4 is 5.11 Å². The van der Waals surface area contributed by atoms with Crippen LogP contribution in [0, 0.1) is 0 Å². The lowest BCUT2D eigenvalue weighted by molar-refractivity contribution is -0.889. The van der Waals surface area contributed by atoms with Crippen LogP contribution in [0.4, 0.5) is 0 Å². The van der Waals surface area contributed by atoms with Crippen LogP contribution in [0.3, 0.4) is 0 Å². The number of nitrogens with zero attached hydrogens (tertiary/aromatic N) is 1. The highest BCUT2D eigenvalue weighted by atomic mass is 16.6. The molecule has 8 nitrogen and oxygen atoms in total. The normalized spacial score (nSPS) is 12.9. The van der Waals surface area contributed by atoms with Gasteiger partial charge in [-0.05, 0) is 12.8 Å². The fraction of sp³-hybridized carbons (Fsp3) is 0.929. The molecule has 0 radical (unpaired) electrons. The summed E-state index contributed by atoms with van der Waals surface area (Å²) in [6.45, 7) is 4.66. The van der Waals surface area contributed by atoms with Gasteiger partial charge in [-0.15, -0.1) is 0 Å². The number of esters is 2. The quantitative estimate of drug-likeness (QED) is 0.0357. The van der Waals surface area contributed by atoms with Crippen molar-refractivity contribution in [3.8, 4) is 0 Å². The number of rotatable bonds is 38. The zero-order valence-corrected chi connectivity index (χ0v) is 33.6. The molecule has 0 aromatic rings. The number of quaternary nitrogens is 1. The summed E-state index contributed by atoms with van der Waals surface area (Å²) in [6, 6.07) is -0.718. The van der Waals surface area contributed by atoms with Crippen LogP contribution in [-0.4, -0.2) is 75.5 Å². The molecule has 0 amide bonds. The molecule has 0 saturated carbocycles. The first kappa shape index (κ1) is 48.3. The molecule has 0 aliphatic rings. The highest BCUT2D eigenvalue weighted by Gasteiger charge is 2.25. The second-order valence-electron chi connectivity index (χ2n) is 15.6. The van der Waals surface area contributed by atoms with Gasteiger partial charge in [0.1, 0.15) is 12.6 Å². The molecule has 0 fully saturated rings. The van der Waals surface area contributed by atoms with E-state index in [1.54, 1.807) is 21.1 Å². The van der Waals surface area contributed by atoms with E-state index in [0.717, 1.165) is 38.5 Å². The Labute approximate surface area is 308 Å². The van der Waals surface area contributed by atoms with Crippen molar-refractivity contribution >= 4 is 17.9 Å². The molecule has 8 heteroatoms. The highest BCUT2D eigenvalue weighted by molar-refractivity contribution is 5.70. The molecule has 0 heterocycles. The van der Waals surface area contributed by atoms with Crippen molar-refractivity contribution in [3.05, 3.63) is 0 Å². The van der Waals surface area contributed by atoms with Gasteiger partial charge in [-0.3, -0.25) is 9.59 Å². The Morgan fingerprint density at radius 2 is 0.880 bits per heavy atom. The maximum atomic E-state index is 12.7. The van der Waals surface area contributed by atoms with Gasteiger partial charge in [-0.2, -0.15) is 0 Å². The number of carbonyl (C=O) groups excluding carboxylic acids is 3. The zero-order valence-electron chi connectivity index (χ0n) is 33.6. The van der Waals surface area contributed by atoms with Crippen molar-refractivity contribution in [1.82, 2.24) is 0 Å². The van der Waals surface area contributed by atoms with Crippen LogP contribution in [-0.2, 0) is 28.6 Å². The molecule has 0 aliphatic carbocycles. The average Bonchev–Trinajstić information content (AvgIpc) is 3.06. The molecule has 0 aliphatic heterocycles. The minimum atomic E-state index is -1.12. The first-order chi connectivity index (χ1) is 24.1. The number of carbonyl (C=O) groups is 3. The van der Waals surface area contributed by atoms with E-state index in [4.69, 9.17) is 14.2 Å². The van der Waals surface area contributed by atoms with E-state index in [9.17, 15) is 19.5 Å². The van der Waals surface area contributed by atoms with Crippen molar-refractivity contribution in [3.63, 3.8) is 0 Å². The summed E-state index contributed by atoms with van der Waals surface area (Å²) in [6.07, 6.45) is 32.7. The van der Waals surface area contributed by atoms with Gasteiger partial charge in [0.2, 0.25) is 0 Å². The fourth-order valence-corrected chi connectivity index (χ4v) is 6.42. The molecule has 296 valence electrons. The second kappa shape index (κ2) is 34.4. The minimum Gasteiger partial charge on any atom is -0.544 e. The third kappa shape index (κ3) is 32.3. The molecule has 0 spiro atoms. The summed E-state index contributed by atoms with van der Waals surface area (Å²) in [5, 5.41) is 11.6. The van der Waals surface area contributed by atoms with Crippen LogP contribution >= 0.6 is 0 Å². The molecule has 0 aromatic heterocycles. The predicted octanol–water partition coefficient (Wildman–Crippen LogP) is 9.64. The Morgan fingerprint density at radius 1 is 0.520 bits per heavy atom. The Morgan fingerprint density at radius 3 is 1.24 bits per heavy atom. The number of ether oxygens (including phenoxy) is 3. The van der Waals surface area contributed by atoms with Gasteiger partial charge in [-0.25, -0.2) is 0 Å². The Hall–Kier alpha value is -1.67. The van der Waals surface area contributed by atoms with E-state index < -0.39 is 18.1 Å². The van der Waals surface area contributed by atoms with Gasteiger partial charge in [0.25, 0.3) is 0 Å². The average molecular weight is 712 g/mol. The molecular formula is C42H81NO7. The van der Waals surface area contributed by atoms with Crippen LogP contribution in [0.15, 0.2) is 0 Å². The zero-order chi connectivity index (χ0) is 37.1. The van der Waals surface area contributed by atoms with Crippen LogP contribution in [0.2, 0.25) is 0 Å². The number of carboxylic acids is 1. The van der Waals surface area contributed by atoms with Gasteiger partial charge in [0, 0.05) is 19.3 Å². The standard InChI is InChI=1S/C42H81NO7/c1-6-8-10-12-14-16-17-18-19-20-21-22-23-25-27-29-31-33-41(45)50-38(36-48-35-34-39(42(46)47)43(3,4)5)37-49-40(44)32-30-28-26-24-15-13-11-9-7-2/h38-39H,6-37H2,1-5H3. The summed E-state index contributed by atoms with van der Waals surface area (Å²) in [5.74, 6) is -1.72. The summed E-state index contributed by atoms with van der Waals surface area (Å²) >= 11 is 0. The van der Waals surface area contributed by atoms with E-state index in [1.165, 1.54) is 128 Å². The molecular weight excluding hydrogens is 630 g/mol. The topological polar surface area (TPSA) is 102 Å². The third-order valence-electron chi connectivity index (χ3n) is 9.74. The Bertz CT molecular complexity index is 797. The predicted molar refractivity (Wildman–Crippen MR) is 204 cm³/mol. The van der Waals surface area contributed by atoms with Crippen molar-refractivity contribution < 1.29 is 38.2 Å². The van der Waals surface area contributed by atoms with Crippen LogP contribution in [0.1, 0.15) is 200 Å². The number of hydrogen-bond donors (Lipinski definition) is 0. The van der Waals surface area contributed by atoms with Crippen molar-refractivity contribution in [1.29, 1.82) is 0 Å². The minimum absolute atomic E-state index is 0.0486. The second-order valence-corrected chi connectivity index (χ2v) is 15.6. The van der Waals surface area contributed by atoms with Gasteiger partial charge >= 0.3 is 11.9 Å². The van der Waals surface area contributed by atoms with Crippen molar-refractivity contribution in [2.45, 2.75) is 212 Å². The molecule has 2 atom stereocenters. The SMILES string of the molecule is CCCCCCCCCCCCCCCCCCCC(=O)OC(COCCC(C(=O)[O-])[N+](C)(C)C)COC(=O)CCCCCCCCCCC. The highest BCUT2D eigenvalue weighted by Crippen LogP contribution is 2.16. The van der Waals surface area contributed by atoms with Gasteiger partial charge < -0.3 is 28.6 Å². The summed E-state index contributed by atoms with van der Waals surface area (Å²) < 4.78 is 17.1. The van der Waals surface area contributed by atoms with E-state index >= 15 is 0 Å². The number of likely N-dealkylation sites (N-methyl/N-ethyl adjacent to an activating group) is 1. The third-order valence-corrected chi connectivity index (χ3v) is 9.74. The maximum Gasteiger partial charge on any atom is 0.306 e. The molecule has 2 unspecified atom stereocenters. The van der Waals surface area contributed by atoms with Gasteiger partial charge in [-0.1, -0.05) is 168 Å². The van der Waals surface area contributed by atoms with E-state index in [-0.39, 0.29) is 42.7 Å². The van der Waals surface area contributed by atoms with Crippen LogP contribution in [0.5, 0.6) is 0 Å². The Balaban J connectivity index is 4.28. The number of carboxylic acid groups (broad SMARTS) is 1. The molecule has 0 bridgehead atoms. The largest absolute Gasteiger partial charge is 0.544 e. The summed E-state index contributed by atoms with van der Waals surface area (Å²) in [5.41, 5.74) is 0. The summed E-state index contributed by atoms with van der Waals surface area (Å²) in [4.78, 5) is 36.7. The lowest BCUT2D eigenvalue weighted by Crippen LogP contribution is -2.55. The van der Waals surface area contributed by atoms with Gasteiger partial charge in [0.15, 0.2) is 6.10 Å². The number of unbranched alkanes of at least 4 members (excludes halogenated alkanes) is 24. The first-order valence-electron chi connectivity index (χ1n) is 21.1. The number of aliphatic carboxylic acids is 1. The van der Waals surface area contributed by atoms with Crippen molar-refractivity contribution in [2.24, 2.45) is 0 Å². The fourth-order valence-electron chi connectivity index (χ4n) is 6.42. The van der Waals surface area contributed by atoms with E-state index in [1.807, 2.05) is 0 Å². The number of hydrogen-bond acceptors (Lipinski definition) is 7.